The van der Waals surface area contributed by atoms with Crippen LogP contribution in [0.5, 0.6) is 0 Å². The lowest BCUT2D eigenvalue weighted by Gasteiger charge is -1.70. The first-order chi connectivity index (χ1) is 47.0. The van der Waals surface area contributed by atoms with Crippen LogP contribution >= 0.6 is 45.7 Å². The van der Waals surface area contributed by atoms with Crippen molar-refractivity contribution in [1.82, 2.24) is 121 Å². The third-order valence-electron chi connectivity index (χ3n) is 7.38. The van der Waals surface area contributed by atoms with Gasteiger partial charge >= 0.3 is 0 Å². The average Bonchev–Trinajstić information content (AvgIpc) is 4.48. The molecule has 18 heterocycles. The van der Waals surface area contributed by atoms with Crippen LogP contribution in [-0.2, 0) is 0 Å². The number of nitrogens with zero attached hydrogens (tertiary/aromatic N) is 19. The van der Waals surface area contributed by atoms with Gasteiger partial charge in [0.05, 0.1) is 67.7 Å². The summed E-state index contributed by atoms with van der Waals surface area (Å²) < 4.78 is 29.2. The summed E-state index contributed by atoms with van der Waals surface area (Å²) in [4.78, 5) is 27.9. The maximum atomic E-state index is 4.58. The highest BCUT2D eigenvalue weighted by atomic mass is 32.1. The van der Waals surface area contributed by atoms with Crippen LogP contribution in [0.2, 0.25) is 0 Å². The molecule has 0 saturated heterocycles. The molecule has 0 atom stereocenters. The Balaban J connectivity index is 0.000000498. The predicted octanol–water partition coefficient (Wildman–Crippen LogP) is 13.7. The number of rotatable bonds is 0. The molecule has 0 aromatic carbocycles. The number of thiazole rings is 1. The normalized spacial score (nSPS) is 8.00. The van der Waals surface area contributed by atoms with E-state index in [2.05, 4.69) is 143 Å². The largest absolute Gasteiger partial charge is 0.473 e. The highest BCUT2D eigenvalue weighted by molar-refractivity contribution is 7.07. The van der Waals surface area contributed by atoms with Gasteiger partial charge in [0.15, 0.2) is 6.39 Å². The summed E-state index contributed by atoms with van der Waals surface area (Å²) in [6, 6.07) is 41.4. The number of nitrogens with one attached hydrogen (secondary N) is 5. The molecule has 18 aromatic rings. The molecule has 0 radical (unpaired) electrons. The van der Waals surface area contributed by atoms with Crippen LogP contribution in [0.15, 0.2) is 393 Å². The van der Waals surface area contributed by atoms with Gasteiger partial charge in [-0.2, -0.15) is 47.1 Å². The number of hydrogen-bond donors (Lipinski definition) is 5. The van der Waals surface area contributed by atoms with Crippen molar-refractivity contribution in [2.75, 3.05) is 0 Å². The summed E-state index contributed by atoms with van der Waals surface area (Å²) in [5.41, 5.74) is 1.79. The summed E-state index contributed by atoms with van der Waals surface area (Å²) in [6.07, 6.45) is 54.7. The smallest absolute Gasteiger partial charge is 0.180 e. The summed E-state index contributed by atoms with van der Waals surface area (Å²) in [5.74, 6) is 0. The number of furan rings is 1. The molecule has 18 aromatic heterocycles. The quantitative estimate of drug-likeness (QED) is 0.0941. The topological polar surface area (TPSA) is 390 Å². The lowest BCUT2D eigenvalue weighted by Crippen LogP contribution is -1.69. The highest BCUT2D eigenvalue weighted by Crippen LogP contribution is 1.92. The third kappa shape index (κ3) is 73.4. The first kappa shape index (κ1) is 79.2. The van der Waals surface area contributed by atoms with E-state index in [1.807, 2.05) is 161 Å². The second-order valence-corrected chi connectivity index (χ2v) is 16.9. The van der Waals surface area contributed by atoms with Gasteiger partial charge in [0.2, 0.25) is 0 Å². The Kier molecular flexibility index (Phi) is 64.2. The van der Waals surface area contributed by atoms with E-state index in [1.165, 1.54) is 60.7 Å². The van der Waals surface area contributed by atoms with Crippen molar-refractivity contribution in [3.8, 4) is 0 Å². The number of hydrogen-bond acceptors (Lipinski definition) is 28. The van der Waals surface area contributed by atoms with E-state index in [-0.39, 0.29) is 0 Å². The van der Waals surface area contributed by atoms with Crippen LogP contribution in [0.4, 0.5) is 0 Å². The summed E-state index contributed by atoms with van der Waals surface area (Å²) in [6.45, 7) is 0. The zero-order chi connectivity index (χ0) is 66.5. The van der Waals surface area contributed by atoms with Gasteiger partial charge in [0, 0.05) is 133 Å². The molecule has 0 aliphatic carbocycles. The number of imidazole rings is 1. The molecular formula is C61H66N24O5S4. The van der Waals surface area contributed by atoms with E-state index in [1.54, 1.807) is 196 Å². The van der Waals surface area contributed by atoms with Crippen molar-refractivity contribution in [2.24, 2.45) is 0 Å². The van der Waals surface area contributed by atoms with E-state index in [4.69, 9.17) is 0 Å². The van der Waals surface area contributed by atoms with Gasteiger partial charge in [-0.05, 0) is 137 Å². The fourth-order valence-corrected chi connectivity index (χ4v) is 5.31. The predicted molar refractivity (Wildman–Crippen MR) is 359 cm³/mol. The van der Waals surface area contributed by atoms with Crippen molar-refractivity contribution in [3.05, 3.63) is 371 Å². The zero-order valence-electron chi connectivity index (χ0n) is 49.9. The number of aromatic nitrogens is 24. The molecule has 18 rings (SSSR count). The van der Waals surface area contributed by atoms with Crippen LogP contribution in [0.3, 0.4) is 0 Å². The van der Waals surface area contributed by atoms with Crippen LogP contribution in [-0.4, -0.2) is 121 Å². The van der Waals surface area contributed by atoms with E-state index < -0.39 is 0 Å². The molecule has 0 spiro atoms. The maximum absolute atomic E-state index is 4.58. The van der Waals surface area contributed by atoms with Gasteiger partial charge in [-0.15, -0.1) is 21.5 Å². The lowest BCUT2D eigenvalue weighted by atomic mass is 10.5. The number of H-pyrrole nitrogens is 5. The van der Waals surface area contributed by atoms with Crippen molar-refractivity contribution >= 4 is 45.7 Å². The minimum absolute atomic E-state index is 1.35. The third-order valence-corrected chi connectivity index (χ3v) is 9.48. The summed E-state index contributed by atoms with van der Waals surface area (Å²) >= 11 is 6.13. The lowest BCUT2D eigenvalue weighted by molar-refractivity contribution is 0.393. The van der Waals surface area contributed by atoms with Gasteiger partial charge in [-0.3, -0.25) is 30.1 Å². The second kappa shape index (κ2) is 76.2. The van der Waals surface area contributed by atoms with Crippen LogP contribution in [0.25, 0.3) is 0 Å². The number of pyridine rings is 3. The Morgan fingerprint density at radius 1 is 0.287 bits per heavy atom. The molecule has 0 saturated carbocycles. The molecule has 0 aliphatic heterocycles. The number of thiophene rings is 1. The minimum atomic E-state index is 1.35. The van der Waals surface area contributed by atoms with Crippen molar-refractivity contribution in [2.45, 2.75) is 0 Å². The van der Waals surface area contributed by atoms with Gasteiger partial charge < -0.3 is 32.4 Å². The van der Waals surface area contributed by atoms with Gasteiger partial charge in [0.25, 0.3) is 0 Å². The molecule has 0 unspecified atom stereocenters. The Morgan fingerprint density at radius 2 is 0.904 bits per heavy atom. The van der Waals surface area contributed by atoms with E-state index >= 15 is 0 Å². The van der Waals surface area contributed by atoms with E-state index in [9.17, 15) is 0 Å². The zero-order valence-corrected chi connectivity index (χ0v) is 53.2. The molecule has 29 nitrogen and oxygen atoms in total. The van der Waals surface area contributed by atoms with E-state index in [0.717, 1.165) is 0 Å². The first-order valence-corrected chi connectivity index (χ1v) is 30.0. The fourth-order valence-electron chi connectivity index (χ4n) is 3.89. The van der Waals surface area contributed by atoms with Crippen molar-refractivity contribution in [1.29, 1.82) is 0 Å². The molecule has 0 amide bonds. The molecule has 33 heteroatoms. The Hall–Kier alpha value is -12.9. The second-order valence-electron chi connectivity index (χ2n) is 14.0. The average molecular weight is 1340 g/mol. The molecule has 0 bridgehead atoms. The molecule has 94 heavy (non-hydrogen) atoms. The summed E-state index contributed by atoms with van der Waals surface area (Å²) in [7, 11) is 0. The fraction of sp³-hybridized carbons (Fsp3) is 0. The van der Waals surface area contributed by atoms with Gasteiger partial charge in [-0.1, -0.05) is 45.1 Å². The maximum Gasteiger partial charge on any atom is 0.180 e. The number of aromatic amines is 5. The summed E-state index contributed by atoms with van der Waals surface area (Å²) in [5, 5.41) is 55.2. The van der Waals surface area contributed by atoms with Crippen molar-refractivity contribution < 1.29 is 22.4 Å². The van der Waals surface area contributed by atoms with Crippen LogP contribution in [0, 0.1) is 0 Å². The molecule has 5 N–H and O–H groups in total. The van der Waals surface area contributed by atoms with E-state index in [0.29, 0.717) is 0 Å². The molecule has 0 aliphatic rings. The highest BCUT2D eigenvalue weighted by Gasteiger charge is 1.67. The Bertz CT molecular complexity index is 2430. The first-order valence-electron chi connectivity index (χ1n) is 26.5. The van der Waals surface area contributed by atoms with Gasteiger partial charge in [-0.25, -0.2) is 14.3 Å². The Labute approximate surface area is 556 Å². The Morgan fingerprint density at radius 3 is 1.05 bits per heavy atom. The monoisotopic (exact) mass is 1340 g/mol. The molecule has 0 fully saturated rings. The van der Waals surface area contributed by atoms with Crippen LogP contribution < -0.4 is 0 Å². The standard InChI is InChI=1S/3C5H5N.C4H4N2.C4H5N.C4H4O.C4H4S.3C3H4N2.3C3H3NO.2C3H3NS.C2H3N3.C2H2N2O.C2H2N2S/c4*1-2-4-6-5-3-1;3*1-2-4-5-3-1;1-2-5-3-4-1;2*1-2-4-5-3-1;1-2-5-3-4-1;2*1-2-4-5-3-1;1-2-5-3-4-1;2*1-2-4-5-3-1;2*1-2-5-4-3-1/h3*1-5H;1-4H;1-5H;2*1-4H;3*1-3H,(H,4,5);5*1-3H;1-2H,(H,3,4,5);2*1-2H. The minimum Gasteiger partial charge on any atom is -0.473 e. The van der Waals surface area contributed by atoms with Crippen LogP contribution in [0.1, 0.15) is 0 Å². The number of oxazole rings is 1. The van der Waals surface area contributed by atoms with Gasteiger partial charge in [0.1, 0.15) is 25.1 Å². The molecule has 484 valence electrons. The van der Waals surface area contributed by atoms with Crippen molar-refractivity contribution in [3.63, 3.8) is 0 Å². The molecular weight excluding hydrogens is 1280 g/mol. The SMILES string of the molecule is c1c[nH]cn1.c1cc[nH]c1.c1ccncc1.c1ccncc1.c1ccncc1.c1ccnnc1.c1ccoc1.c1ccsc1.c1cn[nH]c1.c1cn[nH]c1.c1cn[nH]n1.c1cnoc1.c1cnoc1.c1cnsc1.c1cocn1.c1conn1.c1cscn1.c1csnn1.